The molecule has 0 unspecified atom stereocenters. The van der Waals surface area contributed by atoms with Gasteiger partial charge in [-0.2, -0.15) is 0 Å². The fraction of sp³-hybridized carbons (Fsp3) is 0.455. The Morgan fingerprint density at radius 1 is 1.08 bits per heavy atom. The Labute approximate surface area is 156 Å². The number of aliphatic hydroxyl groups is 2. The van der Waals surface area contributed by atoms with Crippen LogP contribution in [-0.4, -0.2) is 46.5 Å². The third kappa shape index (κ3) is 4.85. The highest BCUT2D eigenvalue weighted by Gasteiger charge is 2.36. The maximum atomic E-state index is 11.0. The van der Waals surface area contributed by atoms with Crippen molar-refractivity contribution in [2.24, 2.45) is 0 Å². The molecule has 0 bridgehead atoms. The van der Waals surface area contributed by atoms with E-state index in [1.165, 1.54) is 5.56 Å². The van der Waals surface area contributed by atoms with Crippen LogP contribution in [0.15, 0.2) is 54.6 Å². The molecule has 1 aliphatic carbocycles. The second-order valence-electron chi connectivity index (χ2n) is 7.14. The highest BCUT2D eigenvalue weighted by atomic mass is 16.5. The van der Waals surface area contributed by atoms with Crippen molar-refractivity contribution in [1.29, 1.82) is 0 Å². The summed E-state index contributed by atoms with van der Waals surface area (Å²) in [5.41, 5.74) is 2.34. The number of aryl methyl sites for hydroxylation is 1. The molecule has 0 aromatic heterocycles. The van der Waals surface area contributed by atoms with E-state index in [-0.39, 0.29) is 18.8 Å². The average Bonchev–Trinajstić information content (AvgIpc) is 2.64. The van der Waals surface area contributed by atoms with Crippen LogP contribution in [-0.2, 0) is 6.54 Å². The molecule has 0 spiro atoms. The Balaban J connectivity index is 1.70. The van der Waals surface area contributed by atoms with Gasteiger partial charge in [-0.25, -0.2) is 0 Å². The summed E-state index contributed by atoms with van der Waals surface area (Å²) < 4.78 is 6.12. The minimum atomic E-state index is -0.570. The van der Waals surface area contributed by atoms with Crippen LogP contribution in [0.3, 0.4) is 0 Å². The van der Waals surface area contributed by atoms with Crippen molar-refractivity contribution in [1.82, 2.24) is 4.90 Å². The maximum Gasteiger partial charge on any atom is 0.126 e. The number of hydrogen-bond acceptors (Lipinski definition) is 4. The van der Waals surface area contributed by atoms with Crippen LogP contribution in [0, 0.1) is 6.92 Å². The van der Waals surface area contributed by atoms with E-state index in [0.29, 0.717) is 6.54 Å². The molecule has 140 valence electrons. The van der Waals surface area contributed by atoms with E-state index in [2.05, 4.69) is 17.0 Å². The number of aliphatic hydroxyl groups excluding tert-OH is 2. The summed E-state index contributed by atoms with van der Waals surface area (Å²) in [7, 11) is 0. The molecule has 3 atom stereocenters. The zero-order valence-electron chi connectivity index (χ0n) is 15.4. The van der Waals surface area contributed by atoms with E-state index in [9.17, 15) is 10.2 Å². The first-order valence-corrected chi connectivity index (χ1v) is 9.47. The summed E-state index contributed by atoms with van der Waals surface area (Å²) in [5.74, 6) is 0.812. The largest absolute Gasteiger partial charge is 0.488 e. The van der Waals surface area contributed by atoms with Crippen molar-refractivity contribution in [3.8, 4) is 5.75 Å². The van der Waals surface area contributed by atoms with Crippen molar-refractivity contribution >= 4 is 0 Å². The van der Waals surface area contributed by atoms with Gasteiger partial charge in [0.2, 0.25) is 0 Å². The molecule has 1 fully saturated rings. The summed E-state index contributed by atoms with van der Waals surface area (Å²) in [4.78, 5) is 2.19. The van der Waals surface area contributed by atoms with Gasteiger partial charge in [0.05, 0.1) is 6.61 Å². The molecule has 0 amide bonds. The van der Waals surface area contributed by atoms with Crippen LogP contribution in [0.5, 0.6) is 5.75 Å². The normalized spacial score (nSPS) is 23.2. The molecule has 0 aliphatic heterocycles. The lowest BCUT2D eigenvalue weighted by Crippen LogP contribution is -2.53. The SMILES string of the molecule is Cc1cccc(O[C@@H]2CCC[C@H](N(CCO)Cc3ccccc3)[C@H]2O)c1. The highest BCUT2D eigenvalue weighted by Crippen LogP contribution is 2.28. The van der Waals surface area contributed by atoms with Gasteiger partial charge in [0.1, 0.15) is 18.0 Å². The van der Waals surface area contributed by atoms with Crippen LogP contribution >= 0.6 is 0 Å². The molecule has 0 saturated heterocycles. The molecule has 3 rings (SSSR count). The molecule has 2 N–H and O–H groups in total. The molecule has 2 aromatic carbocycles. The summed E-state index contributed by atoms with van der Waals surface area (Å²) in [6.45, 7) is 3.39. The Hall–Kier alpha value is -1.88. The monoisotopic (exact) mass is 355 g/mol. The topological polar surface area (TPSA) is 52.9 Å². The second-order valence-corrected chi connectivity index (χ2v) is 7.14. The van der Waals surface area contributed by atoms with Gasteiger partial charge >= 0.3 is 0 Å². The maximum absolute atomic E-state index is 11.0. The fourth-order valence-electron chi connectivity index (χ4n) is 3.82. The van der Waals surface area contributed by atoms with Gasteiger partial charge in [0.25, 0.3) is 0 Å². The van der Waals surface area contributed by atoms with Gasteiger partial charge in [-0.15, -0.1) is 0 Å². The fourth-order valence-corrected chi connectivity index (χ4v) is 3.82. The summed E-state index contributed by atoms with van der Waals surface area (Å²) >= 11 is 0. The summed E-state index contributed by atoms with van der Waals surface area (Å²) in [6.07, 6.45) is 1.99. The lowest BCUT2D eigenvalue weighted by Gasteiger charge is -2.41. The molecule has 26 heavy (non-hydrogen) atoms. The lowest BCUT2D eigenvalue weighted by molar-refractivity contribution is -0.0586. The first-order chi connectivity index (χ1) is 12.7. The molecule has 0 heterocycles. The molecule has 0 radical (unpaired) electrons. The number of benzene rings is 2. The molecule has 2 aromatic rings. The van der Waals surface area contributed by atoms with Gasteiger partial charge in [0.15, 0.2) is 0 Å². The minimum absolute atomic E-state index is 0.00841. The Morgan fingerprint density at radius 3 is 2.62 bits per heavy atom. The van der Waals surface area contributed by atoms with Crippen LogP contribution in [0.2, 0.25) is 0 Å². The first-order valence-electron chi connectivity index (χ1n) is 9.47. The van der Waals surface area contributed by atoms with E-state index < -0.39 is 6.10 Å². The van der Waals surface area contributed by atoms with E-state index >= 15 is 0 Å². The second kappa shape index (κ2) is 9.17. The highest BCUT2D eigenvalue weighted by molar-refractivity contribution is 5.27. The van der Waals surface area contributed by atoms with Crippen LogP contribution in [0.25, 0.3) is 0 Å². The van der Waals surface area contributed by atoms with Crippen molar-refractivity contribution in [3.05, 3.63) is 65.7 Å². The Bertz CT molecular complexity index is 676. The zero-order valence-corrected chi connectivity index (χ0v) is 15.4. The van der Waals surface area contributed by atoms with Crippen molar-refractivity contribution in [2.75, 3.05) is 13.2 Å². The van der Waals surface area contributed by atoms with Crippen LogP contribution in [0.1, 0.15) is 30.4 Å². The molecule has 4 heteroatoms. The third-order valence-corrected chi connectivity index (χ3v) is 5.13. The Kier molecular flexibility index (Phi) is 6.67. The van der Waals surface area contributed by atoms with E-state index in [0.717, 1.165) is 37.1 Å². The van der Waals surface area contributed by atoms with Gasteiger partial charge in [-0.1, -0.05) is 42.5 Å². The van der Waals surface area contributed by atoms with Crippen LogP contribution < -0.4 is 4.74 Å². The average molecular weight is 355 g/mol. The lowest BCUT2D eigenvalue weighted by atomic mass is 9.88. The number of hydrogen-bond donors (Lipinski definition) is 2. The quantitative estimate of drug-likeness (QED) is 0.801. The number of nitrogens with zero attached hydrogens (tertiary/aromatic N) is 1. The van der Waals surface area contributed by atoms with E-state index in [1.807, 2.05) is 49.4 Å². The summed E-state index contributed by atoms with van der Waals surface area (Å²) in [6, 6.07) is 18.2. The van der Waals surface area contributed by atoms with Gasteiger partial charge < -0.3 is 14.9 Å². The minimum Gasteiger partial charge on any atom is -0.488 e. The van der Waals surface area contributed by atoms with Crippen LogP contribution in [0.4, 0.5) is 0 Å². The molecular formula is C22H29NO3. The number of rotatable bonds is 7. The summed E-state index contributed by atoms with van der Waals surface area (Å²) in [5, 5.41) is 20.5. The molecule has 1 saturated carbocycles. The van der Waals surface area contributed by atoms with Gasteiger partial charge in [0, 0.05) is 19.1 Å². The van der Waals surface area contributed by atoms with E-state index in [1.54, 1.807) is 0 Å². The zero-order chi connectivity index (χ0) is 18.4. The van der Waals surface area contributed by atoms with Crippen molar-refractivity contribution in [3.63, 3.8) is 0 Å². The predicted octanol–water partition coefficient (Wildman–Crippen LogP) is 3.15. The Morgan fingerprint density at radius 2 is 1.88 bits per heavy atom. The van der Waals surface area contributed by atoms with Crippen molar-refractivity contribution in [2.45, 2.75) is 51.0 Å². The molecule has 1 aliphatic rings. The van der Waals surface area contributed by atoms with Crippen molar-refractivity contribution < 1.29 is 14.9 Å². The molecule has 4 nitrogen and oxygen atoms in total. The first kappa shape index (κ1) is 18.9. The van der Waals surface area contributed by atoms with Gasteiger partial charge in [-0.05, 0) is 49.4 Å². The smallest absolute Gasteiger partial charge is 0.126 e. The number of ether oxygens (including phenoxy) is 1. The van der Waals surface area contributed by atoms with Gasteiger partial charge in [-0.3, -0.25) is 4.90 Å². The standard InChI is InChI=1S/C22H29NO3/c1-17-7-5-10-19(15-17)26-21-12-6-11-20(22(21)25)23(13-14-24)16-18-8-3-2-4-9-18/h2-5,7-10,15,20-22,24-25H,6,11-14,16H2,1H3/t20-,21+,22+/m0/s1. The van der Waals surface area contributed by atoms with E-state index in [4.69, 9.17) is 4.74 Å². The predicted molar refractivity (Wildman–Crippen MR) is 103 cm³/mol. The molecular weight excluding hydrogens is 326 g/mol. The third-order valence-electron chi connectivity index (χ3n) is 5.13.